The van der Waals surface area contributed by atoms with Crippen molar-refractivity contribution in [1.82, 2.24) is 9.21 Å². The zero-order chi connectivity index (χ0) is 20.5. The molecule has 1 fully saturated rings. The third-order valence-corrected chi connectivity index (χ3v) is 7.76. The van der Waals surface area contributed by atoms with Crippen molar-refractivity contribution in [2.75, 3.05) is 39.0 Å². The molecule has 0 bridgehead atoms. The summed E-state index contributed by atoms with van der Waals surface area (Å²) in [6, 6.07) is 7.12. The van der Waals surface area contributed by atoms with Gasteiger partial charge in [-0.15, -0.1) is 12.4 Å². The first-order valence-electron chi connectivity index (χ1n) is 10.6. The van der Waals surface area contributed by atoms with E-state index in [-0.39, 0.29) is 17.8 Å². The van der Waals surface area contributed by atoms with Crippen LogP contribution in [0.5, 0.6) is 5.75 Å². The number of hydrogen-bond donors (Lipinski definition) is 0. The van der Waals surface area contributed by atoms with Crippen LogP contribution in [-0.2, 0) is 21.9 Å². The van der Waals surface area contributed by atoms with Crippen LogP contribution >= 0.6 is 12.4 Å². The summed E-state index contributed by atoms with van der Waals surface area (Å²) < 4.78 is 30.9. The number of nitrogens with zero attached hydrogens (tertiary/aromatic N) is 2. The minimum Gasteiger partial charge on any atom is -0.492 e. The minimum atomic E-state index is -3.05. The van der Waals surface area contributed by atoms with Gasteiger partial charge >= 0.3 is 0 Å². The van der Waals surface area contributed by atoms with Crippen LogP contribution in [0.1, 0.15) is 51.7 Å². The number of ether oxygens (including phenoxy) is 1. The summed E-state index contributed by atoms with van der Waals surface area (Å²) in [5, 5.41) is 0. The van der Waals surface area contributed by atoms with E-state index < -0.39 is 10.0 Å². The van der Waals surface area contributed by atoms with Crippen LogP contribution in [0.25, 0.3) is 0 Å². The van der Waals surface area contributed by atoms with Crippen LogP contribution in [0.4, 0.5) is 0 Å². The van der Waals surface area contributed by atoms with Gasteiger partial charge in [0, 0.05) is 36.7 Å². The average molecular weight is 445 g/mol. The van der Waals surface area contributed by atoms with E-state index in [2.05, 4.69) is 50.8 Å². The minimum absolute atomic E-state index is 0. The van der Waals surface area contributed by atoms with Crippen molar-refractivity contribution >= 4 is 22.4 Å². The summed E-state index contributed by atoms with van der Waals surface area (Å²) >= 11 is 0. The molecular formula is C22H37ClN2O3S. The summed E-state index contributed by atoms with van der Waals surface area (Å²) in [7, 11) is -3.05. The van der Waals surface area contributed by atoms with Gasteiger partial charge in [0.15, 0.2) is 0 Å². The Morgan fingerprint density at radius 3 is 2.52 bits per heavy atom. The predicted octanol–water partition coefficient (Wildman–Crippen LogP) is 3.70. The van der Waals surface area contributed by atoms with Crippen LogP contribution in [0.3, 0.4) is 0 Å². The number of sulfonamides is 1. The molecule has 3 rings (SSSR count). The molecule has 0 radical (unpaired) electrons. The van der Waals surface area contributed by atoms with E-state index in [0.717, 1.165) is 44.7 Å². The summed E-state index contributed by atoms with van der Waals surface area (Å²) in [6.45, 7) is 13.2. The summed E-state index contributed by atoms with van der Waals surface area (Å²) in [5.74, 6) is 1.61. The predicted molar refractivity (Wildman–Crippen MR) is 122 cm³/mol. The average Bonchev–Trinajstić information content (AvgIpc) is 2.94. The van der Waals surface area contributed by atoms with E-state index in [0.29, 0.717) is 25.0 Å². The Hall–Kier alpha value is -0.820. The Kier molecular flexibility index (Phi) is 8.05. The highest BCUT2D eigenvalue weighted by molar-refractivity contribution is 7.88. The molecule has 0 saturated carbocycles. The third kappa shape index (κ3) is 5.87. The summed E-state index contributed by atoms with van der Waals surface area (Å²) in [4.78, 5) is 2.55. The van der Waals surface area contributed by atoms with Gasteiger partial charge in [0.05, 0.1) is 12.9 Å². The zero-order valence-electron chi connectivity index (χ0n) is 18.5. The maximum atomic E-state index is 11.7. The number of rotatable bonds is 7. The van der Waals surface area contributed by atoms with Gasteiger partial charge in [-0.05, 0) is 50.3 Å². The van der Waals surface area contributed by atoms with E-state index in [9.17, 15) is 8.42 Å². The highest BCUT2D eigenvalue weighted by atomic mass is 35.5. The van der Waals surface area contributed by atoms with Crippen LogP contribution < -0.4 is 4.74 Å². The topological polar surface area (TPSA) is 49.9 Å². The number of likely N-dealkylation sites (N-methyl/N-ethyl adjacent to an activating group) is 1. The first kappa shape index (κ1) is 24.4. The Balaban J connectivity index is 0.00000300. The van der Waals surface area contributed by atoms with Crippen molar-refractivity contribution in [2.24, 2.45) is 5.92 Å². The van der Waals surface area contributed by atoms with Gasteiger partial charge in [-0.1, -0.05) is 32.9 Å². The van der Waals surface area contributed by atoms with Gasteiger partial charge in [0.1, 0.15) is 5.75 Å². The van der Waals surface area contributed by atoms with Crippen molar-refractivity contribution in [3.05, 3.63) is 29.3 Å². The van der Waals surface area contributed by atoms with Crippen molar-refractivity contribution in [1.29, 1.82) is 0 Å². The molecule has 0 aliphatic carbocycles. The molecule has 2 aliphatic rings. The first-order chi connectivity index (χ1) is 13.1. The van der Waals surface area contributed by atoms with Gasteiger partial charge in [-0.3, -0.25) is 0 Å². The lowest BCUT2D eigenvalue weighted by Gasteiger charge is -2.36. The van der Waals surface area contributed by atoms with Crippen molar-refractivity contribution in [3.63, 3.8) is 0 Å². The SMILES string of the molecule is CCN(CC1CCN(S(C)(=O)=O)CC1)C(C)Cc1ccc2c(c1)C(C)(C)CO2.Cl. The second-order valence-electron chi connectivity index (χ2n) is 9.25. The number of benzene rings is 1. The fourth-order valence-corrected chi connectivity index (χ4v) is 5.41. The standard InChI is InChI=1S/C22H36N2O3S.ClH/c1-6-23(15-18-9-11-24(12-10-18)28(5,25)26)17(2)13-19-7-8-21-20(14-19)22(3,4)16-27-21;/h7-8,14,17-18H,6,9-13,15-16H2,1-5H3;1H. The smallest absolute Gasteiger partial charge is 0.211 e. The van der Waals surface area contributed by atoms with Crippen LogP contribution in [0, 0.1) is 5.92 Å². The monoisotopic (exact) mass is 444 g/mol. The lowest BCUT2D eigenvalue weighted by molar-refractivity contribution is 0.152. The summed E-state index contributed by atoms with van der Waals surface area (Å²) in [5.41, 5.74) is 2.79. The largest absolute Gasteiger partial charge is 0.492 e. The maximum absolute atomic E-state index is 11.7. The van der Waals surface area contributed by atoms with Crippen molar-refractivity contribution in [3.8, 4) is 5.75 Å². The molecule has 0 N–H and O–H groups in total. The second kappa shape index (κ2) is 9.54. The zero-order valence-corrected chi connectivity index (χ0v) is 20.1. The lowest BCUT2D eigenvalue weighted by atomic mass is 9.85. The Morgan fingerprint density at radius 2 is 1.93 bits per heavy atom. The van der Waals surface area contributed by atoms with E-state index in [1.54, 1.807) is 4.31 Å². The molecule has 0 amide bonds. The highest BCUT2D eigenvalue weighted by Crippen LogP contribution is 2.39. The van der Waals surface area contributed by atoms with E-state index >= 15 is 0 Å². The van der Waals surface area contributed by atoms with Gasteiger partial charge in [0.2, 0.25) is 10.0 Å². The number of halogens is 1. The Morgan fingerprint density at radius 1 is 1.28 bits per heavy atom. The third-order valence-electron chi connectivity index (χ3n) is 6.46. The molecule has 29 heavy (non-hydrogen) atoms. The van der Waals surface area contributed by atoms with Crippen LogP contribution in [-0.4, -0.2) is 62.7 Å². The van der Waals surface area contributed by atoms with Crippen molar-refractivity contribution < 1.29 is 13.2 Å². The maximum Gasteiger partial charge on any atom is 0.211 e. The molecule has 5 nitrogen and oxygen atoms in total. The van der Waals surface area contributed by atoms with E-state index in [1.807, 2.05) is 0 Å². The fourth-order valence-electron chi connectivity index (χ4n) is 4.54. The molecular weight excluding hydrogens is 408 g/mol. The second-order valence-corrected chi connectivity index (χ2v) is 11.2. The molecule has 1 aromatic carbocycles. The normalized spacial score (nSPS) is 20.8. The summed E-state index contributed by atoms with van der Waals surface area (Å²) in [6.07, 6.45) is 4.26. The molecule has 7 heteroatoms. The molecule has 0 spiro atoms. The lowest BCUT2D eigenvalue weighted by Crippen LogP contribution is -2.43. The van der Waals surface area contributed by atoms with Crippen molar-refractivity contribution in [2.45, 2.75) is 58.4 Å². The van der Waals surface area contributed by atoms with Gasteiger partial charge < -0.3 is 9.64 Å². The van der Waals surface area contributed by atoms with Crippen LogP contribution in [0.15, 0.2) is 18.2 Å². The molecule has 1 aromatic rings. The molecule has 166 valence electrons. The van der Waals surface area contributed by atoms with E-state index in [4.69, 9.17) is 4.74 Å². The Bertz CT molecular complexity index is 789. The Labute approximate surface area is 183 Å². The molecule has 2 aliphatic heterocycles. The number of fused-ring (bicyclic) bond motifs is 1. The van der Waals surface area contributed by atoms with E-state index in [1.165, 1.54) is 17.4 Å². The fraction of sp³-hybridized carbons (Fsp3) is 0.727. The van der Waals surface area contributed by atoms with Gasteiger partial charge in [-0.2, -0.15) is 0 Å². The van der Waals surface area contributed by atoms with Gasteiger partial charge in [0.25, 0.3) is 0 Å². The molecule has 0 aromatic heterocycles. The van der Waals surface area contributed by atoms with Crippen LogP contribution in [0.2, 0.25) is 0 Å². The molecule has 1 unspecified atom stereocenters. The number of hydrogen-bond acceptors (Lipinski definition) is 4. The van der Waals surface area contributed by atoms with Gasteiger partial charge in [-0.25, -0.2) is 12.7 Å². The highest BCUT2D eigenvalue weighted by Gasteiger charge is 2.32. The quantitative estimate of drug-likeness (QED) is 0.643. The number of piperidine rings is 1. The molecule has 1 saturated heterocycles. The first-order valence-corrected chi connectivity index (χ1v) is 12.4. The molecule has 2 heterocycles. The molecule has 1 atom stereocenters.